The summed E-state index contributed by atoms with van der Waals surface area (Å²) in [7, 11) is 1.63. The van der Waals surface area contributed by atoms with Crippen LogP contribution in [-0.2, 0) is 13.6 Å². The third-order valence-corrected chi connectivity index (χ3v) is 4.62. The van der Waals surface area contributed by atoms with Gasteiger partial charge >= 0.3 is 5.69 Å². The number of aromatic nitrogens is 2. The molecule has 0 saturated carbocycles. The second-order valence-corrected chi connectivity index (χ2v) is 6.88. The van der Waals surface area contributed by atoms with Crippen LogP contribution in [-0.4, -0.2) is 28.2 Å². The third kappa shape index (κ3) is 3.53. The molecule has 0 spiro atoms. The van der Waals surface area contributed by atoms with E-state index in [0.29, 0.717) is 35.8 Å². The molecular formula is C18H22ClN5O2. The van der Waals surface area contributed by atoms with E-state index >= 15 is 0 Å². The maximum Gasteiger partial charge on any atom is 0.332 e. The van der Waals surface area contributed by atoms with Crippen LogP contribution in [0.1, 0.15) is 13.8 Å². The molecular weight excluding hydrogens is 354 g/mol. The molecule has 1 N–H and O–H groups in total. The van der Waals surface area contributed by atoms with Gasteiger partial charge in [-0.1, -0.05) is 24.6 Å². The first-order chi connectivity index (χ1) is 12.4. The summed E-state index contributed by atoms with van der Waals surface area (Å²) < 4.78 is 2.60. The lowest BCUT2D eigenvalue weighted by Crippen LogP contribution is -2.46. The third-order valence-electron chi connectivity index (χ3n) is 4.38. The first kappa shape index (κ1) is 18.3. The Morgan fingerprint density at radius 2 is 2.08 bits per heavy atom. The summed E-state index contributed by atoms with van der Waals surface area (Å²) in [6.07, 6.45) is 0. The molecule has 1 aromatic carbocycles. The zero-order chi connectivity index (χ0) is 18.8. The van der Waals surface area contributed by atoms with Crippen LogP contribution in [0.25, 0.3) is 0 Å². The fourth-order valence-corrected chi connectivity index (χ4v) is 3.14. The Bertz CT molecular complexity index is 963. The molecule has 138 valence electrons. The first-order valence-corrected chi connectivity index (χ1v) is 8.94. The number of halogens is 1. The smallest absolute Gasteiger partial charge is 0.312 e. The lowest BCUT2D eigenvalue weighted by molar-refractivity contribution is 0.583. The number of hydrogen-bond acceptors (Lipinski definition) is 5. The van der Waals surface area contributed by atoms with Crippen molar-refractivity contribution in [2.24, 2.45) is 18.0 Å². The van der Waals surface area contributed by atoms with Gasteiger partial charge in [0.2, 0.25) is 5.96 Å². The van der Waals surface area contributed by atoms with Crippen molar-refractivity contribution in [2.75, 3.05) is 23.3 Å². The normalized spacial score (nSPS) is 17.2. The van der Waals surface area contributed by atoms with Gasteiger partial charge in [-0.05, 0) is 31.0 Å². The largest absolute Gasteiger partial charge is 0.332 e. The lowest BCUT2D eigenvalue weighted by Gasteiger charge is -2.33. The SMILES string of the molecule is CCn1c(=O)cc(NC2=NC[C@H](C)CN2c2cccc(Cl)c2)n(C)c1=O. The van der Waals surface area contributed by atoms with E-state index in [4.69, 9.17) is 11.6 Å². The molecule has 0 amide bonds. The Hall–Kier alpha value is -2.54. The molecule has 1 aliphatic rings. The molecule has 1 atom stereocenters. The molecule has 0 saturated heterocycles. The predicted molar refractivity (Wildman–Crippen MR) is 106 cm³/mol. The minimum absolute atomic E-state index is 0.332. The standard InChI is InChI=1S/C18H22ClN5O2/c1-4-23-16(25)9-15(22(3)18(23)26)21-17-20-10-12(2)11-24(17)14-7-5-6-13(19)8-14/h5-9,12H,4,10-11H2,1-3H3,(H,20,21)/t12-/m0/s1. The first-order valence-electron chi connectivity index (χ1n) is 8.56. The zero-order valence-corrected chi connectivity index (χ0v) is 15.8. The van der Waals surface area contributed by atoms with Crippen molar-refractivity contribution >= 4 is 29.1 Å². The lowest BCUT2D eigenvalue weighted by atomic mass is 10.1. The molecule has 0 bridgehead atoms. The van der Waals surface area contributed by atoms with Crippen molar-refractivity contribution < 1.29 is 0 Å². The summed E-state index contributed by atoms with van der Waals surface area (Å²) in [5.41, 5.74) is 0.209. The van der Waals surface area contributed by atoms with E-state index < -0.39 is 0 Å². The molecule has 0 aliphatic carbocycles. The minimum atomic E-state index is -0.360. The zero-order valence-electron chi connectivity index (χ0n) is 15.1. The van der Waals surface area contributed by atoms with Crippen LogP contribution in [0.5, 0.6) is 0 Å². The van der Waals surface area contributed by atoms with Crippen molar-refractivity contribution in [3.8, 4) is 0 Å². The maximum absolute atomic E-state index is 12.3. The van der Waals surface area contributed by atoms with E-state index in [1.807, 2.05) is 29.2 Å². The maximum atomic E-state index is 12.3. The van der Waals surface area contributed by atoms with Crippen LogP contribution in [0.3, 0.4) is 0 Å². The molecule has 26 heavy (non-hydrogen) atoms. The Kier molecular flexibility index (Phi) is 5.18. The van der Waals surface area contributed by atoms with Gasteiger partial charge in [0.1, 0.15) is 5.82 Å². The van der Waals surface area contributed by atoms with E-state index in [0.717, 1.165) is 12.2 Å². The summed E-state index contributed by atoms with van der Waals surface area (Å²) in [5, 5.41) is 3.79. The van der Waals surface area contributed by atoms with Crippen LogP contribution in [0.2, 0.25) is 5.02 Å². The van der Waals surface area contributed by atoms with Gasteiger partial charge in [0, 0.05) is 43.5 Å². The number of anilines is 2. The van der Waals surface area contributed by atoms with Gasteiger partial charge in [-0.2, -0.15) is 0 Å². The fraction of sp³-hybridized carbons (Fsp3) is 0.389. The van der Waals surface area contributed by atoms with E-state index in [1.54, 1.807) is 14.0 Å². The van der Waals surface area contributed by atoms with Gasteiger partial charge in [-0.3, -0.25) is 18.9 Å². The van der Waals surface area contributed by atoms with E-state index in [1.165, 1.54) is 15.2 Å². The Labute approximate surface area is 156 Å². The predicted octanol–water partition coefficient (Wildman–Crippen LogP) is 2.14. The topological polar surface area (TPSA) is 71.6 Å². The second-order valence-electron chi connectivity index (χ2n) is 6.44. The van der Waals surface area contributed by atoms with Gasteiger partial charge in [-0.25, -0.2) is 4.79 Å². The van der Waals surface area contributed by atoms with Crippen molar-refractivity contribution in [1.82, 2.24) is 9.13 Å². The Morgan fingerprint density at radius 1 is 1.31 bits per heavy atom. The van der Waals surface area contributed by atoms with Gasteiger partial charge in [0.15, 0.2) is 0 Å². The van der Waals surface area contributed by atoms with Crippen LogP contribution < -0.4 is 21.5 Å². The molecule has 2 heterocycles. The minimum Gasteiger partial charge on any atom is -0.312 e. The molecule has 0 unspecified atom stereocenters. The van der Waals surface area contributed by atoms with Crippen LogP contribution in [0, 0.1) is 5.92 Å². The number of nitrogens with zero attached hydrogens (tertiary/aromatic N) is 4. The number of rotatable bonds is 3. The Morgan fingerprint density at radius 3 is 2.77 bits per heavy atom. The molecule has 7 nitrogen and oxygen atoms in total. The summed E-state index contributed by atoms with van der Waals surface area (Å²) in [6.45, 7) is 5.64. The van der Waals surface area contributed by atoms with Gasteiger partial charge in [0.05, 0.1) is 0 Å². The average molecular weight is 376 g/mol. The number of guanidine groups is 1. The monoisotopic (exact) mass is 375 g/mol. The van der Waals surface area contributed by atoms with E-state index in [2.05, 4.69) is 17.2 Å². The highest BCUT2D eigenvalue weighted by Gasteiger charge is 2.23. The van der Waals surface area contributed by atoms with Crippen molar-refractivity contribution in [2.45, 2.75) is 20.4 Å². The highest BCUT2D eigenvalue weighted by Crippen LogP contribution is 2.23. The molecule has 0 radical (unpaired) electrons. The van der Waals surface area contributed by atoms with Crippen LogP contribution in [0.15, 0.2) is 44.9 Å². The molecule has 2 aromatic rings. The molecule has 1 aliphatic heterocycles. The number of benzene rings is 1. The molecule has 0 fully saturated rings. The quantitative estimate of drug-likeness (QED) is 0.892. The van der Waals surface area contributed by atoms with Gasteiger partial charge in [-0.15, -0.1) is 0 Å². The van der Waals surface area contributed by atoms with Crippen LogP contribution in [0.4, 0.5) is 11.5 Å². The van der Waals surface area contributed by atoms with Crippen LogP contribution >= 0.6 is 11.6 Å². The molecule has 3 rings (SSSR count). The van der Waals surface area contributed by atoms with Crippen molar-refractivity contribution in [3.05, 3.63) is 56.2 Å². The summed E-state index contributed by atoms with van der Waals surface area (Å²) >= 11 is 6.13. The fourth-order valence-electron chi connectivity index (χ4n) is 2.96. The summed E-state index contributed by atoms with van der Waals surface area (Å²) in [4.78, 5) is 31.1. The van der Waals surface area contributed by atoms with Gasteiger partial charge in [0.25, 0.3) is 5.56 Å². The van der Waals surface area contributed by atoms with Gasteiger partial charge < -0.3 is 10.2 Å². The second kappa shape index (κ2) is 7.37. The summed E-state index contributed by atoms with van der Waals surface area (Å²) in [5.74, 6) is 1.37. The number of hydrogen-bond donors (Lipinski definition) is 1. The van der Waals surface area contributed by atoms with Crippen molar-refractivity contribution in [3.63, 3.8) is 0 Å². The highest BCUT2D eigenvalue weighted by atomic mass is 35.5. The van der Waals surface area contributed by atoms with E-state index in [9.17, 15) is 9.59 Å². The van der Waals surface area contributed by atoms with Crippen molar-refractivity contribution in [1.29, 1.82) is 0 Å². The highest BCUT2D eigenvalue weighted by molar-refractivity contribution is 6.31. The number of nitrogens with one attached hydrogen (secondary N) is 1. The Balaban J connectivity index is 2.00. The number of aliphatic imine (C=N–C) groups is 1. The average Bonchev–Trinajstić information content (AvgIpc) is 2.61. The van der Waals surface area contributed by atoms with E-state index in [-0.39, 0.29) is 11.2 Å². The molecule has 8 heteroatoms. The summed E-state index contributed by atoms with van der Waals surface area (Å²) in [6, 6.07) is 8.94. The molecule has 1 aromatic heterocycles.